The van der Waals surface area contributed by atoms with Crippen molar-refractivity contribution in [2.75, 3.05) is 13.7 Å². The van der Waals surface area contributed by atoms with Crippen LogP contribution in [-0.2, 0) is 0 Å². The minimum Gasteiger partial charge on any atom is -0.496 e. The average molecular weight is 208 g/mol. The minimum absolute atomic E-state index is 0.145. The maximum absolute atomic E-state index is 11.7. The van der Waals surface area contributed by atoms with Gasteiger partial charge in [0, 0.05) is 18.9 Å². The van der Waals surface area contributed by atoms with Gasteiger partial charge in [-0.3, -0.25) is 9.78 Å². The Morgan fingerprint density at radius 2 is 2.33 bits per heavy atom. The van der Waals surface area contributed by atoms with Crippen molar-refractivity contribution in [2.45, 2.75) is 13.8 Å². The maximum Gasteiger partial charge on any atom is 0.256 e. The SMILES string of the molecule is COc1ccncc1C(=O)NCC(C)C. The molecular weight excluding hydrogens is 192 g/mol. The Labute approximate surface area is 89.7 Å². The van der Waals surface area contributed by atoms with Crippen molar-refractivity contribution in [3.05, 3.63) is 24.0 Å². The third-order valence-corrected chi connectivity index (χ3v) is 1.92. The van der Waals surface area contributed by atoms with E-state index >= 15 is 0 Å². The maximum atomic E-state index is 11.7. The highest BCUT2D eigenvalue weighted by Crippen LogP contribution is 2.15. The van der Waals surface area contributed by atoms with Crippen LogP contribution >= 0.6 is 0 Å². The fraction of sp³-hybridized carbons (Fsp3) is 0.455. The molecule has 1 amide bonds. The number of nitrogens with one attached hydrogen (secondary N) is 1. The molecular formula is C11H16N2O2. The van der Waals surface area contributed by atoms with Crippen molar-refractivity contribution in [3.63, 3.8) is 0 Å². The Bertz CT molecular complexity index is 337. The van der Waals surface area contributed by atoms with Gasteiger partial charge in [-0.1, -0.05) is 13.8 Å². The number of amides is 1. The molecule has 0 saturated heterocycles. The van der Waals surface area contributed by atoms with Gasteiger partial charge >= 0.3 is 0 Å². The molecule has 1 N–H and O–H groups in total. The highest BCUT2D eigenvalue weighted by molar-refractivity contribution is 5.96. The molecule has 0 fully saturated rings. The van der Waals surface area contributed by atoms with Gasteiger partial charge in [-0.05, 0) is 12.0 Å². The van der Waals surface area contributed by atoms with Crippen LogP contribution in [0.1, 0.15) is 24.2 Å². The second kappa shape index (κ2) is 5.34. The number of nitrogens with zero attached hydrogens (tertiary/aromatic N) is 1. The molecule has 4 nitrogen and oxygen atoms in total. The van der Waals surface area contributed by atoms with Crippen LogP contribution in [0.2, 0.25) is 0 Å². The molecule has 0 saturated carbocycles. The Balaban J connectivity index is 2.72. The van der Waals surface area contributed by atoms with Gasteiger partial charge in [0.25, 0.3) is 5.91 Å². The number of aromatic nitrogens is 1. The van der Waals surface area contributed by atoms with Gasteiger partial charge in [0.1, 0.15) is 5.75 Å². The number of rotatable bonds is 4. The Hall–Kier alpha value is -1.58. The van der Waals surface area contributed by atoms with Crippen LogP contribution < -0.4 is 10.1 Å². The topological polar surface area (TPSA) is 51.2 Å². The molecule has 0 unspecified atom stereocenters. The monoisotopic (exact) mass is 208 g/mol. The van der Waals surface area contributed by atoms with E-state index in [4.69, 9.17) is 4.74 Å². The normalized spacial score (nSPS) is 10.1. The van der Waals surface area contributed by atoms with Crippen LogP contribution in [0.15, 0.2) is 18.5 Å². The van der Waals surface area contributed by atoms with Gasteiger partial charge in [-0.25, -0.2) is 0 Å². The summed E-state index contributed by atoms with van der Waals surface area (Å²) in [6.07, 6.45) is 3.10. The number of methoxy groups -OCH3 is 1. The number of carbonyl (C=O) groups is 1. The molecule has 1 aromatic rings. The van der Waals surface area contributed by atoms with Crippen molar-refractivity contribution in [3.8, 4) is 5.75 Å². The molecule has 0 aromatic carbocycles. The minimum atomic E-state index is -0.145. The second-order valence-corrected chi connectivity index (χ2v) is 3.68. The fourth-order valence-corrected chi connectivity index (χ4v) is 1.12. The van der Waals surface area contributed by atoms with Crippen LogP contribution in [0.25, 0.3) is 0 Å². The predicted octanol–water partition coefficient (Wildman–Crippen LogP) is 1.48. The summed E-state index contributed by atoms with van der Waals surface area (Å²) < 4.78 is 5.07. The molecule has 4 heteroatoms. The van der Waals surface area contributed by atoms with E-state index in [2.05, 4.69) is 10.3 Å². The molecule has 1 heterocycles. The van der Waals surface area contributed by atoms with Gasteiger partial charge in [-0.15, -0.1) is 0 Å². The first-order valence-corrected chi connectivity index (χ1v) is 4.91. The fourth-order valence-electron chi connectivity index (χ4n) is 1.12. The molecule has 15 heavy (non-hydrogen) atoms. The van der Waals surface area contributed by atoms with Crippen LogP contribution in [0, 0.1) is 5.92 Å². The third-order valence-electron chi connectivity index (χ3n) is 1.92. The zero-order valence-corrected chi connectivity index (χ0v) is 9.28. The Morgan fingerprint density at radius 1 is 1.60 bits per heavy atom. The first kappa shape index (κ1) is 11.5. The summed E-state index contributed by atoms with van der Waals surface area (Å²) in [6.45, 7) is 4.73. The van der Waals surface area contributed by atoms with E-state index in [0.717, 1.165) is 0 Å². The lowest BCUT2D eigenvalue weighted by atomic mass is 10.2. The summed E-state index contributed by atoms with van der Waals surface area (Å²) >= 11 is 0. The molecule has 0 aliphatic carbocycles. The van der Waals surface area contributed by atoms with Crippen LogP contribution in [-0.4, -0.2) is 24.5 Å². The highest BCUT2D eigenvalue weighted by Gasteiger charge is 2.11. The van der Waals surface area contributed by atoms with Crippen LogP contribution in [0.5, 0.6) is 5.75 Å². The summed E-state index contributed by atoms with van der Waals surface area (Å²) in [6, 6.07) is 1.67. The van der Waals surface area contributed by atoms with E-state index in [1.807, 2.05) is 13.8 Å². The first-order chi connectivity index (χ1) is 7.15. The number of carbonyl (C=O) groups excluding carboxylic acids is 1. The standard InChI is InChI=1S/C11H16N2O2/c1-8(2)6-13-11(14)9-7-12-5-4-10(9)15-3/h4-5,7-8H,6H2,1-3H3,(H,13,14). The lowest BCUT2D eigenvalue weighted by Gasteiger charge is -2.09. The highest BCUT2D eigenvalue weighted by atomic mass is 16.5. The van der Waals surface area contributed by atoms with Crippen LogP contribution in [0.4, 0.5) is 0 Å². The van der Waals surface area contributed by atoms with Crippen molar-refractivity contribution >= 4 is 5.91 Å². The lowest BCUT2D eigenvalue weighted by molar-refractivity contribution is 0.0945. The van der Waals surface area contributed by atoms with Gasteiger partial charge in [0.2, 0.25) is 0 Å². The summed E-state index contributed by atoms with van der Waals surface area (Å²) in [4.78, 5) is 15.6. The van der Waals surface area contributed by atoms with Crippen molar-refractivity contribution in [1.82, 2.24) is 10.3 Å². The molecule has 0 aliphatic heterocycles. The summed E-state index contributed by atoms with van der Waals surface area (Å²) in [7, 11) is 1.54. The van der Waals surface area contributed by atoms with Gasteiger partial charge in [-0.2, -0.15) is 0 Å². The molecule has 0 bridgehead atoms. The molecule has 0 atom stereocenters. The van der Waals surface area contributed by atoms with Gasteiger partial charge in [0.05, 0.1) is 12.7 Å². The van der Waals surface area contributed by atoms with Gasteiger partial charge in [0.15, 0.2) is 0 Å². The molecule has 0 aliphatic rings. The lowest BCUT2D eigenvalue weighted by Crippen LogP contribution is -2.27. The Morgan fingerprint density at radius 3 is 2.93 bits per heavy atom. The molecule has 1 rings (SSSR count). The van der Waals surface area contributed by atoms with E-state index in [-0.39, 0.29) is 5.91 Å². The zero-order chi connectivity index (χ0) is 11.3. The number of pyridine rings is 1. The number of hydrogen-bond acceptors (Lipinski definition) is 3. The summed E-state index contributed by atoms with van der Waals surface area (Å²) in [5.74, 6) is 0.830. The van der Waals surface area contributed by atoms with E-state index in [0.29, 0.717) is 23.8 Å². The first-order valence-electron chi connectivity index (χ1n) is 4.91. The van der Waals surface area contributed by atoms with E-state index < -0.39 is 0 Å². The second-order valence-electron chi connectivity index (χ2n) is 3.68. The largest absolute Gasteiger partial charge is 0.496 e. The van der Waals surface area contributed by atoms with Crippen molar-refractivity contribution in [1.29, 1.82) is 0 Å². The summed E-state index contributed by atoms with van der Waals surface area (Å²) in [5, 5.41) is 2.81. The Kier molecular flexibility index (Phi) is 4.09. The molecule has 1 aromatic heterocycles. The number of ether oxygens (including phenoxy) is 1. The van der Waals surface area contributed by atoms with Gasteiger partial charge < -0.3 is 10.1 Å². The molecule has 0 spiro atoms. The van der Waals surface area contributed by atoms with Crippen molar-refractivity contribution in [2.24, 2.45) is 5.92 Å². The van der Waals surface area contributed by atoms with E-state index in [1.54, 1.807) is 12.3 Å². The quantitative estimate of drug-likeness (QED) is 0.815. The zero-order valence-electron chi connectivity index (χ0n) is 9.28. The smallest absolute Gasteiger partial charge is 0.256 e. The number of hydrogen-bond donors (Lipinski definition) is 1. The molecule has 82 valence electrons. The van der Waals surface area contributed by atoms with E-state index in [1.165, 1.54) is 13.3 Å². The molecule has 0 radical (unpaired) electrons. The van der Waals surface area contributed by atoms with E-state index in [9.17, 15) is 4.79 Å². The summed E-state index contributed by atoms with van der Waals surface area (Å²) in [5.41, 5.74) is 0.473. The van der Waals surface area contributed by atoms with Crippen molar-refractivity contribution < 1.29 is 9.53 Å². The predicted molar refractivity (Wildman–Crippen MR) is 58.0 cm³/mol. The third kappa shape index (κ3) is 3.23. The van der Waals surface area contributed by atoms with Crippen LogP contribution in [0.3, 0.4) is 0 Å². The average Bonchev–Trinajstić information content (AvgIpc) is 2.25.